The Morgan fingerprint density at radius 2 is 1.94 bits per heavy atom. The SMILES string of the molecule is Cc1ccc(CCC(=O)c2nc3n(c(=O)c2O)CCNCC3N(C)C(=O)C(=O)N(C)C)cc1Cl. The largest absolute Gasteiger partial charge is 0.501 e. The summed E-state index contributed by atoms with van der Waals surface area (Å²) in [5, 5.41) is 14.2. The highest BCUT2D eigenvalue weighted by Gasteiger charge is 2.33. The van der Waals surface area contributed by atoms with Gasteiger partial charge in [0.05, 0.1) is 0 Å². The molecule has 1 aromatic carbocycles. The number of nitrogens with zero attached hydrogens (tertiary/aromatic N) is 4. The van der Waals surface area contributed by atoms with E-state index in [9.17, 15) is 24.3 Å². The van der Waals surface area contributed by atoms with Crippen LogP contribution in [0.5, 0.6) is 5.75 Å². The molecule has 1 aliphatic heterocycles. The number of nitrogens with one attached hydrogen (secondary N) is 1. The van der Waals surface area contributed by atoms with Crippen LogP contribution < -0.4 is 10.9 Å². The van der Waals surface area contributed by atoms with E-state index in [4.69, 9.17) is 11.6 Å². The fourth-order valence-electron chi connectivity index (χ4n) is 3.71. The molecule has 2 aromatic rings. The number of benzene rings is 1. The standard InChI is InChI=1S/C23H28ClN5O5/c1-13-5-6-14(11-15(13)24)7-8-17(30)18-19(31)21(32)29-10-9-25-12-16(20(29)26-18)28(4)23(34)22(33)27(2)3/h5-6,11,16,25,31H,7-10,12H2,1-4H3. The van der Waals surface area contributed by atoms with E-state index in [0.717, 1.165) is 16.0 Å². The van der Waals surface area contributed by atoms with Crippen LogP contribution in [0.25, 0.3) is 0 Å². The molecule has 1 unspecified atom stereocenters. The lowest BCUT2D eigenvalue weighted by Crippen LogP contribution is -2.45. The summed E-state index contributed by atoms with van der Waals surface area (Å²) in [7, 11) is 4.37. The number of likely N-dealkylation sites (N-methyl/N-ethyl adjacent to an activating group) is 2. The number of aromatic hydroxyl groups is 1. The van der Waals surface area contributed by atoms with Crippen LogP contribution in [0.15, 0.2) is 23.0 Å². The highest BCUT2D eigenvalue weighted by atomic mass is 35.5. The molecule has 2 heterocycles. The summed E-state index contributed by atoms with van der Waals surface area (Å²) < 4.78 is 1.24. The minimum absolute atomic E-state index is 0.000352. The average molecular weight is 490 g/mol. The van der Waals surface area contributed by atoms with Gasteiger partial charge in [0.25, 0.3) is 5.56 Å². The normalized spacial score (nSPS) is 15.3. The Labute approximate surface area is 202 Å². The Morgan fingerprint density at radius 3 is 2.59 bits per heavy atom. The van der Waals surface area contributed by atoms with Crippen molar-refractivity contribution in [1.29, 1.82) is 0 Å². The lowest BCUT2D eigenvalue weighted by molar-refractivity contribution is -0.150. The van der Waals surface area contributed by atoms with Crippen LogP contribution >= 0.6 is 11.6 Å². The summed E-state index contributed by atoms with van der Waals surface area (Å²) in [6, 6.07) is 4.69. The summed E-state index contributed by atoms with van der Waals surface area (Å²) in [5.41, 5.74) is 0.645. The lowest BCUT2D eigenvalue weighted by Gasteiger charge is -2.28. The third kappa shape index (κ3) is 5.13. The Bertz CT molecular complexity index is 1190. The molecule has 2 amide bonds. The van der Waals surface area contributed by atoms with Gasteiger partial charge >= 0.3 is 11.8 Å². The van der Waals surface area contributed by atoms with Crippen molar-refractivity contribution in [3.8, 4) is 5.75 Å². The minimum Gasteiger partial charge on any atom is -0.501 e. The van der Waals surface area contributed by atoms with Crippen LogP contribution in [0.3, 0.4) is 0 Å². The molecular weight excluding hydrogens is 462 g/mol. The molecule has 1 aromatic heterocycles. The van der Waals surface area contributed by atoms with E-state index in [0.29, 0.717) is 18.0 Å². The maximum atomic E-state index is 13.0. The molecule has 182 valence electrons. The second-order valence-corrected chi connectivity index (χ2v) is 8.87. The maximum Gasteiger partial charge on any atom is 0.312 e. The average Bonchev–Trinajstić information content (AvgIpc) is 3.02. The van der Waals surface area contributed by atoms with Crippen molar-refractivity contribution >= 4 is 29.2 Å². The Balaban J connectivity index is 1.95. The van der Waals surface area contributed by atoms with Crippen LogP contribution in [-0.2, 0) is 22.6 Å². The van der Waals surface area contributed by atoms with Gasteiger partial charge in [-0.3, -0.25) is 23.7 Å². The second kappa shape index (κ2) is 10.4. The number of fused-ring (bicyclic) bond motifs is 1. The van der Waals surface area contributed by atoms with Crippen molar-refractivity contribution in [3.63, 3.8) is 0 Å². The molecule has 0 aliphatic carbocycles. The fourth-order valence-corrected chi connectivity index (χ4v) is 3.91. The Morgan fingerprint density at radius 1 is 1.24 bits per heavy atom. The first-order valence-electron chi connectivity index (χ1n) is 10.8. The molecule has 0 saturated heterocycles. The molecule has 10 nitrogen and oxygen atoms in total. The van der Waals surface area contributed by atoms with E-state index < -0.39 is 34.9 Å². The summed E-state index contributed by atoms with van der Waals surface area (Å²) in [4.78, 5) is 57.4. The number of amides is 2. The highest BCUT2D eigenvalue weighted by molar-refractivity contribution is 6.34. The van der Waals surface area contributed by atoms with Crippen molar-refractivity contribution in [2.75, 3.05) is 34.2 Å². The molecule has 11 heteroatoms. The summed E-state index contributed by atoms with van der Waals surface area (Å²) in [5.74, 6) is -2.61. The molecule has 2 N–H and O–H groups in total. The molecule has 1 atom stereocenters. The van der Waals surface area contributed by atoms with Crippen LogP contribution in [0, 0.1) is 6.92 Å². The monoisotopic (exact) mass is 489 g/mol. The van der Waals surface area contributed by atoms with E-state index in [1.54, 1.807) is 6.07 Å². The van der Waals surface area contributed by atoms with Gasteiger partial charge in [0.2, 0.25) is 5.75 Å². The zero-order valence-corrected chi connectivity index (χ0v) is 20.3. The number of rotatable bonds is 5. The first-order valence-corrected chi connectivity index (χ1v) is 11.2. The predicted octanol–water partition coefficient (Wildman–Crippen LogP) is 0.917. The molecule has 3 rings (SSSR count). The molecule has 34 heavy (non-hydrogen) atoms. The van der Waals surface area contributed by atoms with Crippen molar-refractivity contribution in [1.82, 2.24) is 24.7 Å². The van der Waals surface area contributed by atoms with Crippen LogP contribution in [-0.4, -0.2) is 76.3 Å². The molecule has 0 radical (unpaired) electrons. The topological polar surface area (TPSA) is 125 Å². The van der Waals surface area contributed by atoms with Crippen molar-refractivity contribution < 1.29 is 19.5 Å². The van der Waals surface area contributed by atoms with Gasteiger partial charge in [-0.1, -0.05) is 23.7 Å². The van der Waals surface area contributed by atoms with E-state index in [-0.39, 0.29) is 31.0 Å². The van der Waals surface area contributed by atoms with Gasteiger partial charge in [-0.15, -0.1) is 0 Å². The molecular formula is C23H28ClN5O5. The number of Topliss-reactive ketones (excluding diaryl/α,β-unsaturated/α-hetero) is 1. The van der Waals surface area contributed by atoms with Crippen molar-refractivity contribution in [2.45, 2.75) is 32.4 Å². The molecule has 1 aliphatic rings. The number of hydrogen-bond acceptors (Lipinski definition) is 7. The van der Waals surface area contributed by atoms with E-state index in [1.807, 2.05) is 19.1 Å². The molecule has 0 fully saturated rings. The molecule has 0 saturated carbocycles. The number of ketones is 1. The maximum absolute atomic E-state index is 13.0. The zero-order valence-electron chi connectivity index (χ0n) is 19.6. The third-order valence-corrected chi connectivity index (χ3v) is 6.25. The third-order valence-electron chi connectivity index (χ3n) is 5.84. The van der Waals surface area contributed by atoms with Crippen LogP contribution in [0.1, 0.15) is 39.9 Å². The number of aromatic nitrogens is 2. The zero-order chi connectivity index (χ0) is 25.2. The second-order valence-electron chi connectivity index (χ2n) is 8.47. The number of halogens is 1. The number of carbonyl (C=O) groups excluding carboxylic acids is 3. The Hall–Kier alpha value is -3.24. The van der Waals surface area contributed by atoms with Gasteiger partial charge in [0.1, 0.15) is 11.9 Å². The first kappa shape index (κ1) is 25.4. The number of carbonyl (C=O) groups is 3. The predicted molar refractivity (Wildman–Crippen MR) is 126 cm³/mol. The van der Waals surface area contributed by atoms with Crippen LogP contribution in [0.4, 0.5) is 0 Å². The lowest BCUT2D eigenvalue weighted by atomic mass is 10.0. The van der Waals surface area contributed by atoms with Gasteiger partial charge < -0.3 is 20.2 Å². The first-order chi connectivity index (χ1) is 16.0. The number of aryl methyl sites for hydroxylation is 2. The smallest absolute Gasteiger partial charge is 0.312 e. The van der Waals surface area contributed by atoms with Gasteiger partial charge in [-0.25, -0.2) is 4.98 Å². The Kier molecular flexibility index (Phi) is 7.73. The van der Waals surface area contributed by atoms with Gasteiger partial charge in [-0.05, 0) is 30.5 Å². The van der Waals surface area contributed by atoms with Gasteiger partial charge in [-0.2, -0.15) is 0 Å². The van der Waals surface area contributed by atoms with Gasteiger partial charge in [0.15, 0.2) is 11.5 Å². The summed E-state index contributed by atoms with van der Waals surface area (Å²) >= 11 is 6.15. The van der Waals surface area contributed by atoms with Gasteiger partial charge in [0, 0.05) is 52.2 Å². The van der Waals surface area contributed by atoms with E-state index in [1.165, 1.54) is 30.6 Å². The van der Waals surface area contributed by atoms with Crippen LogP contribution in [0.2, 0.25) is 5.02 Å². The quantitative estimate of drug-likeness (QED) is 0.472. The van der Waals surface area contributed by atoms with E-state index >= 15 is 0 Å². The molecule has 0 spiro atoms. The van der Waals surface area contributed by atoms with Crippen molar-refractivity contribution in [3.05, 3.63) is 56.2 Å². The summed E-state index contributed by atoms with van der Waals surface area (Å²) in [6.07, 6.45) is 0.346. The number of hydrogen-bond donors (Lipinski definition) is 2. The highest BCUT2D eigenvalue weighted by Crippen LogP contribution is 2.23. The van der Waals surface area contributed by atoms with E-state index in [2.05, 4.69) is 10.3 Å². The minimum atomic E-state index is -0.797. The fraction of sp³-hybridized carbons (Fsp3) is 0.435. The summed E-state index contributed by atoms with van der Waals surface area (Å²) in [6.45, 7) is 2.66. The van der Waals surface area contributed by atoms with Crippen molar-refractivity contribution in [2.24, 2.45) is 0 Å². The molecule has 0 bridgehead atoms.